The highest BCUT2D eigenvalue weighted by Gasteiger charge is 2.08. The Kier molecular flexibility index (Phi) is 5.59. The predicted molar refractivity (Wildman–Crippen MR) is 83.2 cm³/mol. The minimum atomic E-state index is 0.559. The molecule has 0 bridgehead atoms. The van der Waals surface area contributed by atoms with E-state index in [0.29, 0.717) is 13.2 Å². The summed E-state index contributed by atoms with van der Waals surface area (Å²) in [4.78, 5) is 0. The van der Waals surface area contributed by atoms with E-state index in [2.05, 4.69) is 42.2 Å². The molecule has 0 aromatic heterocycles. The van der Waals surface area contributed by atoms with Crippen molar-refractivity contribution in [3.63, 3.8) is 0 Å². The smallest absolute Gasteiger partial charge is 0.124 e. The Morgan fingerprint density at radius 1 is 1.15 bits per heavy atom. The van der Waals surface area contributed by atoms with Gasteiger partial charge >= 0.3 is 0 Å². The third-order valence-corrected chi connectivity index (χ3v) is 3.13. The first-order valence-electron chi connectivity index (χ1n) is 6.80. The molecule has 0 aliphatic carbocycles. The van der Waals surface area contributed by atoms with Crippen LogP contribution in [0.1, 0.15) is 5.56 Å². The van der Waals surface area contributed by atoms with Gasteiger partial charge in [-0.2, -0.15) is 0 Å². The van der Waals surface area contributed by atoms with E-state index in [1.165, 1.54) is 16.3 Å². The first kappa shape index (κ1) is 14.6. The third kappa shape index (κ3) is 3.59. The van der Waals surface area contributed by atoms with Gasteiger partial charge in [-0.15, -0.1) is 6.58 Å². The molecule has 0 saturated carbocycles. The van der Waals surface area contributed by atoms with E-state index in [4.69, 9.17) is 9.47 Å². The molecule has 2 aromatic carbocycles. The van der Waals surface area contributed by atoms with E-state index < -0.39 is 0 Å². The van der Waals surface area contributed by atoms with Crippen LogP contribution in [0.5, 0.6) is 5.75 Å². The maximum atomic E-state index is 5.83. The van der Waals surface area contributed by atoms with Crippen LogP contribution >= 0.6 is 0 Å². The van der Waals surface area contributed by atoms with Crippen LogP contribution in [0.15, 0.2) is 49.1 Å². The zero-order valence-corrected chi connectivity index (χ0v) is 11.9. The van der Waals surface area contributed by atoms with Crippen LogP contribution in [-0.4, -0.2) is 26.9 Å². The number of hydrogen-bond acceptors (Lipinski definition) is 3. The molecule has 2 rings (SSSR count). The number of nitrogens with one attached hydrogen (secondary N) is 1. The summed E-state index contributed by atoms with van der Waals surface area (Å²) in [5.41, 5.74) is 1.18. The summed E-state index contributed by atoms with van der Waals surface area (Å²) in [7, 11) is 1.68. The van der Waals surface area contributed by atoms with E-state index in [1.807, 2.05) is 12.1 Å². The van der Waals surface area contributed by atoms with Gasteiger partial charge in [-0.1, -0.05) is 36.4 Å². The average Bonchev–Trinajstić information content (AvgIpc) is 2.49. The summed E-state index contributed by atoms with van der Waals surface area (Å²) in [6.07, 6.45) is 1.86. The van der Waals surface area contributed by atoms with Crippen molar-refractivity contribution < 1.29 is 9.47 Å². The molecule has 106 valence electrons. The highest BCUT2D eigenvalue weighted by molar-refractivity contribution is 5.87. The van der Waals surface area contributed by atoms with E-state index >= 15 is 0 Å². The van der Waals surface area contributed by atoms with Crippen LogP contribution < -0.4 is 10.1 Å². The fourth-order valence-electron chi connectivity index (χ4n) is 2.17. The van der Waals surface area contributed by atoms with Crippen LogP contribution in [-0.2, 0) is 11.3 Å². The third-order valence-electron chi connectivity index (χ3n) is 3.13. The average molecular weight is 271 g/mol. The molecule has 0 heterocycles. The fourth-order valence-corrected chi connectivity index (χ4v) is 2.17. The van der Waals surface area contributed by atoms with Gasteiger partial charge in [0.25, 0.3) is 0 Å². The standard InChI is InChI=1S/C17H21NO2/c1-3-10-18-13-16-15-7-5-4-6-14(15)8-9-17(16)20-12-11-19-2/h3-9,18H,1,10-13H2,2H3. The lowest BCUT2D eigenvalue weighted by atomic mass is 10.0. The maximum Gasteiger partial charge on any atom is 0.124 e. The Labute approximate surface area is 120 Å². The second-order valence-electron chi connectivity index (χ2n) is 4.52. The maximum absolute atomic E-state index is 5.83. The molecule has 0 saturated heterocycles. The largest absolute Gasteiger partial charge is 0.491 e. The Morgan fingerprint density at radius 2 is 2.00 bits per heavy atom. The number of methoxy groups -OCH3 is 1. The Morgan fingerprint density at radius 3 is 2.80 bits per heavy atom. The van der Waals surface area contributed by atoms with E-state index in [0.717, 1.165) is 18.8 Å². The Balaban J connectivity index is 2.28. The molecule has 0 spiro atoms. The minimum absolute atomic E-state index is 0.559. The summed E-state index contributed by atoms with van der Waals surface area (Å²) in [5, 5.41) is 5.79. The lowest BCUT2D eigenvalue weighted by Gasteiger charge is -2.14. The van der Waals surface area contributed by atoms with Gasteiger partial charge in [0, 0.05) is 25.8 Å². The van der Waals surface area contributed by atoms with Crippen molar-refractivity contribution in [2.24, 2.45) is 0 Å². The molecule has 0 amide bonds. The van der Waals surface area contributed by atoms with Crippen LogP contribution in [0.2, 0.25) is 0 Å². The summed E-state index contributed by atoms with van der Waals surface area (Å²) in [6, 6.07) is 12.5. The van der Waals surface area contributed by atoms with Crippen molar-refractivity contribution >= 4 is 10.8 Å². The topological polar surface area (TPSA) is 30.5 Å². The summed E-state index contributed by atoms with van der Waals surface area (Å²) >= 11 is 0. The van der Waals surface area contributed by atoms with Crippen LogP contribution in [0, 0.1) is 0 Å². The van der Waals surface area contributed by atoms with E-state index in [9.17, 15) is 0 Å². The molecule has 20 heavy (non-hydrogen) atoms. The van der Waals surface area contributed by atoms with Gasteiger partial charge in [-0.05, 0) is 16.8 Å². The second kappa shape index (κ2) is 7.68. The molecule has 0 unspecified atom stereocenters. The highest BCUT2D eigenvalue weighted by Crippen LogP contribution is 2.28. The minimum Gasteiger partial charge on any atom is -0.491 e. The van der Waals surface area contributed by atoms with Crippen molar-refractivity contribution in [1.29, 1.82) is 0 Å². The highest BCUT2D eigenvalue weighted by atomic mass is 16.5. The van der Waals surface area contributed by atoms with Crippen LogP contribution in [0.3, 0.4) is 0 Å². The van der Waals surface area contributed by atoms with Crippen molar-refractivity contribution in [2.75, 3.05) is 26.9 Å². The van der Waals surface area contributed by atoms with E-state index in [1.54, 1.807) is 7.11 Å². The van der Waals surface area contributed by atoms with Crippen molar-refractivity contribution in [3.8, 4) is 5.75 Å². The lowest BCUT2D eigenvalue weighted by molar-refractivity contribution is 0.146. The SMILES string of the molecule is C=CCNCc1c(OCCOC)ccc2ccccc12. The quantitative estimate of drug-likeness (QED) is 0.591. The van der Waals surface area contributed by atoms with Gasteiger partial charge in [0.05, 0.1) is 6.61 Å². The van der Waals surface area contributed by atoms with Gasteiger partial charge < -0.3 is 14.8 Å². The normalized spacial score (nSPS) is 10.7. The van der Waals surface area contributed by atoms with Crippen molar-refractivity contribution in [3.05, 3.63) is 54.6 Å². The first-order valence-corrected chi connectivity index (χ1v) is 6.80. The summed E-state index contributed by atoms with van der Waals surface area (Å²) in [5.74, 6) is 0.914. The molecule has 3 heteroatoms. The first-order chi connectivity index (χ1) is 9.86. The fraction of sp³-hybridized carbons (Fsp3) is 0.294. The molecule has 0 radical (unpaired) electrons. The molecule has 0 aliphatic rings. The molecular weight excluding hydrogens is 250 g/mol. The van der Waals surface area contributed by atoms with Gasteiger partial charge in [0.2, 0.25) is 0 Å². The zero-order chi connectivity index (χ0) is 14.2. The van der Waals surface area contributed by atoms with Crippen molar-refractivity contribution in [1.82, 2.24) is 5.32 Å². The van der Waals surface area contributed by atoms with Crippen LogP contribution in [0.25, 0.3) is 10.8 Å². The lowest BCUT2D eigenvalue weighted by Crippen LogP contribution is -2.15. The molecule has 0 fully saturated rings. The van der Waals surface area contributed by atoms with E-state index in [-0.39, 0.29) is 0 Å². The number of fused-ring (bicyclic) bond motifs is 1. The molecule has 2 aromatic rings. The summed E-state index contributed by atoms with van der Waals surface area (Å²) < 4.78 is 10.9. The Hall–Kier alpha value is -1.84. The molecular formula is C17H21NO2. The molecule has 0 atom stereocenters. The number of ether oxygens (including phenoxy) is 2. The number of benzene rings is 2. The second-order valence-corrected chi connectivity index (χ2v) is 4.52. The number of rotatable bonds is 8. The van der Waals surface area contributed by atoms with Gasteiger partial charge in [0.1, 0.15) is 12.4 Å². The van der Waals surface area contributed by atoms with Crippen LogP contribution in [0.4, 0.5) is 0 Å². The molecule has 3 nitrogen and oxygen atoms in total. The Bertz CT molecular complexity index is 566. The molecule has 0 aliphatic heterocycles. The van der Waals surface area contributed by atoms with Crippen molar-refractivity contribution in [2.45, 2.75) is 6.54 Å². The molecule has 1 N–H and O–H groups in total. The summed E-state index contributed by atoms with van der Waals surface area (Å²) in [6.45, 7) is 6.41. The monoisotopic (exact) mass is 271 g/mol. The van der Waals surface area contributed by atoms with Gasteiger partial charge in [0.15, 0.2) is 0 Å². The zero-order valence-electron chi connectivity index (χ0n) is 11.9. The van der Waals surface area contributed by atoms with Gasteiger partial charge in [-0.3, -0.25) is 0 Å². The predicted octanol–water partition coefficient (Wildman–Crippen LogP) is 3.14. The van der Waals surface area contributed by atoms with Gasteiger partial charge in [-0.25, -0.2) is 0 Å². The number of hydrogen-bond donors (Lipinski definition) is 1.